The second-order valence-corrected chi connectivity index (χ2v) is 8.25. The highest BCUT2D eigenvalue weighted by atomic mass is 32.1. The van der Waals surface area contributed by atoms with Crippen LogP contribution in [0.2, 0.25) is 0 Å². The molecule has 2 aromatic rings. The molecule has 1 fully saturated rings. The lowest BCUT2D eigenvalue weighted by Crippen LogP contribution is -2.43. The van der Waals surface area contributed by atoms with Crippen LogP contribution < -0.4 is 10.2 Å². The van der Waals surface area contributed by atoms with Crippen molar-refractivity contribution in [2.24, 2.45) is 5.92 Å². The number of carbonyl (C=O) groups excluding carboxylic acids is 1. The molecular weight excluding hydrogens is 332 g/mol. The van der Waals surface area contributed by atoms with Gasteiger partial charge in [0, 0.05) is 24.5 Å². The van der Waals surface area contributed by atoms with Gasteiger partial charge in [0.2, 0.25) is 5.91 Å². The third-order valence-electron chi connectivity index (χ3n) is 5.37. The minimum absolute atomic E-state index is 0.0692. The summed E-state index contributed by atoms with van der Waals surface area (Å²) in [7, 11) is 0. The fourth-order valence-electron chi connectivity index (χ4n) is 4.09. The van der Waals surface area contributed by atoms with Gasteiger partial charge in [0.15, 0.2) is 0 Å². The van der Waals surface area contributed by atoms with Crippen molar-refractivity contribution in [2.45, 2.75) is 51.9 Å². The van der Waals surface area contributed by atoms with Gasteiger partial charge in [0.25, 0.3) is 0 Å². The molecule has 3 heterocycles. The maximum atomic E-state index is 12.4. The molecule has 0 aromatic carbocycles. The number of anilines is 1. The zero-order valence-electron chi connectivity index (χ0n) is 14.9. The van der Waals surface area contributed by atoms with Crippen LogP contribution in [-0.4, -0.2) is 35.5 Å². The van der Waals surface area contributed by atoms with Gasteiger partial charge in [-0.1, -0.05) is 6.92 Å². The third-order valence-corrected chi connectivity index (χ3v) is 6.57. The number of nitrogens with zero attached hydrogens (tertiary/aromatic N) is 3. The van der Waals surface area contributed by atoms with Crippen molar-refractivity contribution in [1.29, 1.82) is 0 Å². The fraction of sp³-hybridized carbons (Fsp3) is 0.632. The summed E-state index contributed by atoms with van der Waals surface area (Å²) in [5.41, 5.74) is 1.47. The molecule has 25 heavy (non-hydrogen) atoms. The number of fused-ring (bicyclic) bond motifs is 3. The molecule has 6 heteroatoms. The molecule has 0 spiro atoms. The van der Waals surface area contributed by atoms with Crippen molar-refractivity contribution >= 4 is 33.3 Å². The molecule has 2 aliphatic rings. The molecule has 2 aromatic heterocycles. The van der Waals surface area contributed by atoms with E-state index in [1.54, 1.807) is 6.33 Å². The lowest BCUT2D eigenvalue weighted by atomic mass is 9.95. The summed E-state index contributed by atoms with van der Waals surface area (Å²) in [6, 6.07) is 0. The van der Waals surface area contributed by atoms with Crippen LogP contribution in [0, 0.1) is 5.92 Å². The van der Waals surface area contributed by atoms with Crippen molar-refractivity contribution in [3.8, 4) is 0 Å². The Kier molecular flexibility index (Phi) is 4.88. The van der Waals surface area contributed by atoms with E-state index in [0.29, 0.717) is 0 Å². The summed E-state index contributed by atoms with van der Waals surface area (Å²) < 4.78 is 0. The maximum Gasteiger partial charge on any atom is 0.224 e. The first-order chi connectivity index (χ1) is 12.3. The number of aryl methyl sites for hydroxylation is 2. The van der Waals surface area contributed by atoms with Crippen LogP contribution in [0.4, 0.5) is 5.82 Å². The summed E-state index contributed by atoms with van der Waals surface area (Å²) in [4.78, 5) is 26.5. The van der Waals surface area contributed by atoms with Gasteiger partial charge in [-0.25, -0.2) is 9.97 Å². The number of carbonyl (C=O) groups is 1. The topological polar surface area (TPSA) is 58.1 Å². The third kappa shape index (κ3) is 3.24. The molecule has 1 aliphatic carbocycles. The van der Waals surface area contributed by atoms with Crippen LogP contribution in [0.3, 0.4) is 0 Å². The molecule has 0 radical (unpaired) electrons. The molecule has 0 bridgehead atoms. The van der Waals surface area contributed by atoms with Gasteiger partial charge < -0.3 is 10.2 Å². The highest BCUT2D eigenvalue weighted by molar-refractivity contribution is 7.19. The van der Waals surface area contributed by atoms with Crippen LogP contribution in [0.25, 0.3) is 10.2 Å². The second kappa shape index (κ2) is 7.28. The summed E-state index contributed by atoms with van der Waals surface area (Å²) >= 11 is 1.84. The Bertz CT molecular complexity index is 772. The molecule has 1 N–H and O–H groups in total. The Morgan fingerprint density at radius 2 is 2.20 bits per heavy atom. The summed E-state index contributed by atoms with van der Waals surface area (Å²) in [6.45, 7) is 4.61. The van der Waals surface area contributed by atoms with Gasteiger partial charge in [0.1, 0.15) is 17.0 Å². The van der Waals surface area contributed by atoms with Crippen molar-refractivity contribution < 1.29 is 4.79 Å². The number of nitrogens with one attached hydrogen (secondary N) is 1. The van der Waals surface area contributed by atoms with Crippen molar-refractivity contribution in [3.05, 3.63) is 16.8 Å². The first-order valence-corrected chi connectivity index (χ1v) is 10.4. The predicted octanol–water partition coefficient (Wildman–Crippen LogP) is 3.31. The minimum Gasteiger partial charge on any atom is -0.356 e. The van der Waals surface area contributed by atoms with E-state index < -0.39 is 0 Å². The number of thiophene rings is 1. The molecule has 1 atom stereocenters. The quantitative estimate of drug-likeness (QED) is 0.911. The number of amides is 1. The van der Waals surface area contributed by atoms with Gasteiger partial charge in [0.05, 0.1) is 11.3 Å². The molecule has 1 amide bonds. The molecular formula is C19H26N4OS. The average molecular weight is 359 g/mol. The van der Waals surface area contributed by atoms with Gasteiger partial charge in [-0.2, -0.15) is 0 Å². The Morgan fingerprint density at radius 1 is 1.32 bits per heavy atom. The fourth-order valence-corrected chi connectivity index (χ4v) is 5.31. The second-order valence-electron chi connectivity index (χ2n) is 7.16. The molecule has 134 valence electrons. The Hall–Kier alpha value is -1.69. The minimum atomic E-state index is 0.0692. The lowest BCUT2D eigenvalue weighted by Gasteiger charge is -2.33. The Morgan fingerprint density at radius 3 is 3.08 bits per heavy atom. The average Bonchev–Trinajstić information content (AvgIpc) is 3.05. The molecule has 4 rings (SSSR count). The van der Waals surface area contributed by atoms with Crippen molar-refractivity contribution in [2.75, 3.05) is 24.5 Å². The van der Waals surface area contributed by atoms with Crippen LogP contribution in [0.1, 0.15) is 49.5 Å². The lowest BCUT2D eigenvalue weighted by molar-refractivity contribution is -0.125. The number of hydrogen-bond acceptors (Lipinski definition) is 5. The smallest absolute Gasteiger partial charge is 0.224 e. The first kappa shape index (κ1) is 16.8. The van der Waals surface area contributed by atoms with E-state index in [1.165, 1.54) is 35.1 Å². The number of aromatic nitrogens is 2. The molecule has 1 unspecified atom stereocenters. The van der Waals surface area contributed by atoms with Crippen LogP contribution >= 0.6 is 11.3 Å². The van der Waals surface area contributed by atoms with E-state index in [0.717, 1.165) is 56.0 Å². The van der Waals surface area contributed by atoms with E-state index >= 15 is 0 Å². The van der Waals surface area contributed by atoms with Gasteiger partial charge in [-0.3, -0.25) is 4.79 Å². The predicted molar refractivity (Wildman–Crippen MR) is 102 cm³/mol. The number of rotatable bonds is 4. The number of piperidine rings is 1. The Labute approximate surface area is 152 Å². The van der Waals surface area contributed by atoms with Crippen molar-refractivity contribution in [3.63, 3.8) is 0 Å². The Balaban J connectivity index is 1.63. The standard InChI is InChI=1S/C19H26N4OS/c1-2-9-20-18(24)13-6-5-10-23(11-13)17-16-14-7-3-4-8-15(14)25-19(16)22-12-21-17/h12-13H,2-11H2,1H3,(H,20,24). The van der Waals surface area contributed by atoms with E-state index in [2.05, 4.69) is 27.1 Å². The monoisotopic (exact) mass is 358 g/mol. The number of hydrogen-bond donors (Lipinski definition) is 1. The maximum absolute atomic E-state index is 12.4. The largest absolute Gasteiger partial charge is 0.356 e. The van der Waals surface area contributed by atoms with E-state index in [9.17, 15) is 4.79 Å². The van der Waals surface area contributed by atoms with E-state index in [4.69, 9.17) is 0 Å². The molecule has 0 saturated carbocycles. The van der Waals surface area contributed by atoms with Gasteiger partial charge >= 0.3 is 0 Å². The SMILES string of the molecule is CCCNC(=O)C1CCCN(c2ncnc3sc4c(c23)CCCC4)C1. The van der Waals surface area contributed by atoms with Crippen LogP contribution in [0.5, 0.6) is 0 Å². The van der Waals surface area contributed by atoms with E-state index in [1.807, 2.05) is 11.3 Å². The zero-order chi connectivity index (χ0) is 17.2. The highest BCUT2D eigenvalue weighted by Crippen LogP contribution is 2.40. The molecule has 1 saturated heterocycles. The summed E-state index contributed by atoms with van der Waals surface area (Å²) in [5, 5.41) is 4.32. The van der Waals surface area contributed by atoms with Gasteiger partial charge in [-0.15, -0.1) is 11.3 Å². The normalized spacial score (nSPS) is 20.5. The summed E-state index contributed by atoms with van der Waals surface area (Å²) in [6.07, 6.45) is 9.56. The summed E-state index contributed by atoms with van der Waals surface area (Å²) in [5.74, 6) is 1.32. The van der Waals surface area contributed by atoms with Crippen LogP contribution in [-0.2, 0) is 17.6 Å². The van der Waals surface area contributed by atoms with Gasteiger partial charge in [-0.05, 0) is 50.5 Å². The zero-order valence-corrected chi connectivity index (χ0v) is 15.7. The first-order valence-electron chi connectivity index (χ1n) is 9.55. The van der Waals surface area contributed by atoms with E-state index in [-0.39, 0.29) is 11.8 Å². The van der Waals surface area contributed by atoms with Crippen molar-refractivity contribution in [1.82, 2.24) is 15.3 Å². The molecule has 5 nitrogen and oxygen atoms in total. The highest BCUT2D eigenvalue weighted by Gasteiger charge is 2.29. The molecule has 1 aliphatic heterocycles. The van der Waals surface area contributed by atoms with Crippen LogP contribution in [0.15, 0.2) is 6.33 Å².